The van der Waals surface area contributed by atoms with Gasteiger partial charge in [-0.3, -0.25) is 9.88 Å². The molecule has 1 fully saturated rings. The van der Waals surface area contributed by atoms with E-state index in [2.05, 4.69) is 31.9 Å². The Kier molecular flexibility index (Phi) is 5.95. The summed E-state index contributed by atoms with van der Waals surface area (Å²) in [7, 11) is 0. The van der Waals surface area contributed by atoms with Gasteiger partial charge in [-0.2, -0.15) is 0 Å². The van der Waals surface area contributed by atoms with Crippen molar-refractivity contribution in [2.75, 3.05) is 26.2 Å². The maximum absolute atomic E-state index is 6.02. The maximum atomic E-state index is 6.02. The van der Waals surface area contributed by atoms with Crippen LogP contribution in [0, 0.1) is 11.8 Å². The van der Waals surface area contributed by atoms with Gasteiger partial charge in [0.1, 0.15) is 12.4 Å². The molecule has 28 heavy (non-hydrogen) atoms. The van der Waals surface area contributed by atoms with E-state index >= 15 is 0 Å². The third kappa shape index (κ3) is 4.76. The number of piperidine rings is 1. The molecule has 6 nitrogen and oxygen atoms in total. The average Bonchev–Trinajstić information content (AvgIpc) is 3.23. The van der Waals surface area contributed by atoms with Gasteiger partial charge in [0.2, 0.25) is 0 Å². The molecular formula is C22H22N4O2. The van der Waals surface area contributed by atoms with Crippen molar-refractivity contribution in [3.8, 4) is 29.0 Å². The second kappa shape index (κ2) is 9.16. The van der Waals surface area contributed by atoms with Gasteiger partial charge in [0.05, 0.1) is 5.56 Å². The molecule has 1 saturated heterocycles. The third-order valence-corrected chi connectivity index (χ3v) is 4.63. The van der Waals surface area contributed by atoms with Crippen LogP contribution in [-0.4, -0.2) is 46.3 Å². The van der Waals surface area contributed by atoms with Crippen molar-refractivity contribution in [2.24, 2.45) is 0 Å². The Labute approximate surface area is 164 Å². The predicted octanol–water partition coefficient (Wildman–Crippen LogP) is 3.40. The molecule has 0 bridgehead atoms. The largest absolute Gasteiger partial charge is 0.491 e. The van der Waals surface area contributed by atoms with Crippen LogP contribution in [0.2, 0.25) is 0 Å². The fourth-order valence-corrected chi connectivity index (χ4v) is 3.18. The molecule has 0 N–H and O–H groups in total. The van der Waals surface area contributed by atoms with E-state index in [-0.39, 0.29) is 5.89 Å². The second-order valence-corrected chi connectivity index (χ2v) is 6.65. The Balaban J connectivity index is 1.43. The molecule has 4 rings (SSSR count). The zero-order chi connectivity index (χ0) is 19.0. The van der Waals surface area contributed by atoms with Crippen molar-refractivity contribution >= 4 is 0 Å². The lowest BCUT2D eigenvalue weighted by atomic mass is 10.1. The summed E-state index contributed by atoms with van der Waals surface area (Å²) in [6.45, 7) is 3.89. The fraction of sp³-hybridized carbons (Fsp3) is 0.318. The maximum Gasteiger partial charge on any atom is 0.294 e. The summed E-state index contributed by atoms with van der Waals surface area (Å²) in [5, 5.41) is 8.16. The SMILES string of the molecule is C(#Cc1nnc(-c2ccccc2OCCN2CCCCC2)o1)c1cccnc1. The van der Waals surface area contributed by atoms with Gasteiger partial charge in [0.15, 0.2) is 0 Å². The lowest BCUT2D eigenvalue weighted by Crippen LogP contribution is -2.33. The first kappa shape index (κ1) is 18.2. The summed E-state index contributed by atoms with van der Waals surface area (Å²) in [4.78, 5) is 6.48. The Hall–Kier alpha value is -3.17. The van der Waals surface area contributed by atoms with Gasteiger partial charge in [-0.25, -0.2) is 0 Å². The molecule has 0 aliphatic carbocycles. The summed E-state index contributed by atoms with van der Waals surface area (Å²) in [6.07, 6.45) is 7.29. The summed E-state index contributed by atoms with van der Waals surface area (Å²) in [5.74, 6) is 7.26. The Bertz CT molecular complexity index is 953. The van der Waals surface area contributed by atoms with Crippen LogP contribution >= 0.6 is 0 Å². The Morgan fingerprint density at radius 1 is 1.00 bits per heavy atom. The van der Waals surface area contributed by atoms with Crippen molar-refractivity contribution in [1.82, 2.24) is 20.1 Å². The van der Waals surface area contributed by atoms with Crippen molar-refractivity contribution < 1.29 is 9.15 Å². The van der Waals surface area contributed by atoms with Gasteiger partial charge < -0.3 is 9.15 Å². The lowest BCUT2D eigenvalue weighted by Gasteiger charge is -2.26. The average molecular weight is 374 g/mol. The zero-order valence-corrected chi connectivity index (χ0v) is 15.7. The van der Waals surface area contributed by atoms with E-state index < -0.39 is 0 Å². The molecule has 2 aromatic heterocycles. The Morgan fingerprint density at radius 3 is 2.75 bits per heavy atom. The van der Waals surface area contributed by atoms with Crippen LogP contribution in [0.3, 0.4) is 0 Å². The van der Waals surface area contributed by atoms with Crippen molar-refractivity contribution in [3.63, 3.8) is 0 Å². The molecule has 0 spiro atoms. The van der Waals surface area contributed by atoms with E-state index in [0.29, 0.717) is 12.5 Å². The highest BCUT2D eigenvalue weighted by molar-refractivity contribution is 5.62. The van der Waals surface area contributed by atoms with Crippen LogP contribution in [0.25, 0.3) is 11.5 Å². The summed E-state index contributed by atoms with van der Waals surface area (Å²) in [6, 6.07) is 11.4. The van der Waals surface area contributed by atoms with Crippen LogP contribution in [0.15, 0.2) is 53.2 Å². The molecule has 0 amide bonds. The molecular weight excluding hydrogens is 352 g/mol. The standard InChI is InChI=1S/C22H22N4O2/c1-4-13-26(14-5-1)15-16-27-20-9-3-2-8-19(20)22-25-24-21(28-22)11-10-18-7-6-12-23-17-18/h2-3,6-9,12,17H,1,4-5,13-16H2. The second-order valence-electron chi connectivity index (χ2n) is 6.65. The van der Waals surface area contributed by atoms with Crippen LogP contribution in [-0.2, 0) is 0 Å². The minimum absolute atomic E-state index is 0.266. The van der Waals surface area contributed by atoms with Crippen LogP contribution < -0.4 is 4.74 Å². The predicted molar refractivity (Wildman–Crippen MR) is 106 cm³/mol. The molecule has 0 saturated carbocycles. The molecule has 0 unspecified atom stereocenters. The van der Waals surface area contributed by atoms with Crippen LogP contribution in [0.5, 0.6) is 5.75 Å². The van der Waals surface area contributed by atoms with E-state index in [4.69, 9.17) is 9.15 Å². The monoisotopic (exact) mass is 374 g/mol. The molecule has 1 aliphatic heterocycles. The molecule has 0 radical (unpaired) electrons. The van der Waals surface area contributed by atoms with Gasteiger partial charge >= 0.3 is 0 Å². The topological polar surface area (TPSA) is 64.3 Å². The van der Waals surface area contributed by atoms with Crippen molar-refractivity contribution in [2.45, 2.75) is 19.3 Å². The third-order valence-electron chi connectivity index (χ3n) is 4.63. The normalized spacial score (nSPS) is 14.3. The first-order valence-corrected chi connectivity index (χ1v) is 9.58. The summed E-state index contributed by atoms with van der Waals surface area (Å²) >= 11 is 0. The highest BCUT2D eigenvalue weighted by Gasteiger charge is 2.14. The lowest BCUT2D eigenvalue weighted by molar-refractivity contribution is 0.183. The molecule has 3 aromatic rings. The van der Waals surface area contributed by atoms with Gasteiger partial charge in [0, 0.05) is 24.5 Å². The zero-order valence-electron chi connectivity index (χ0n) is 15.7. The van der Waals surface area contributed by atoms with Gasteiger partial charge in [-0.05, 0) is 56.1 Å². The molecule has 0 atom stereocenters. The number of pyridine rings is 1. The number of para-hydroxylation sites is 1. The summed E-state index contributed by atoms with van der Waals surface area (Å²) < 4.78 is 11.7. The number of benzene rings is 1. The van der Waals surface area contributed by atoms with E-state index in [1.54, 1.807) is 12.4 Å². The quantitative estimate of drug-likeness (QED) is 0.638. The van der Waals surface area contributed by atoms with Crippen LogP contribution in [0.1, 0.15) is 30.7 Å². The Morgan fingerprint density at radius 2 is 1.89 bits per heavy atom. The number of nitrogens with zero attached hydrogens (tertiary/aromatic N) is 4. The van der Waals surface area contributed by atoms with Crippen molar-refractivity contribution in [3.05, 3.63) is 60.2 Å². The highest BCUT2D eigenvalue weighted by Crippen LogP contribution is 2.28. The number of aromatic nitrogens is 3. The number of hydrogen-bond acceptors (Lipinski definition) is 6. The number of ether oxygens (including phenoxy) is 1. The smallest absolute Gasteiger partial charge is 0.294 e. The highest BCUT2D eigenvalue weighted by atomic mass is 16.5. The fourth-order valence-electron chi connectivity index (χ4n) is 3.18. The molecule has 1 aromatic carbocycles. The van der Waals surface area contributed by atoms with E-state index in [0.717, 1.165) is 36.5 Å². The molecule has 1 aliphatic rings. The van der Waals surface area contributed by atoms with E-state index in [1.807, 2.05) is 36.4 Å². The first-order valence-electron chi connectivity index (χ1n) is 9.58. The number of rotatable bonds is 5. The number of likely N-dealkylation sites (tertiary alicyclic amines) is 1. The molecule has 3 heterocycles. The minimum atomic E-state index is 0.266. The first-order chi connectivity index (χ1) is 13.9. The minimum Gasteiger partial charge on any atom is -0.491 e. The molecule has 142 valence electrons. The van der Waals surface area contributed by atoms with E-state index in [9.17, 15) is 0 Å². The number of hydrogen-bond donors (Lipinski definition) is 0. The van der Waals surface area contributed by atoms with Crippen LogP contribution in [0.4, 0.5) is 0 Å². The van der Waals surface area contributed by atoms with Crippen molar-refractivity contribution in [1.29, 1.82) is 0 Å². The van der Waals surface area contributed by atoms with Gasteiger partial charge in [-0.15, -0.1) is 5.10 Å². The van der Waals surface area contributed by atoms with Gasteiger partial charge in [-0.1, -0.05) is 29.6 Å². The summed E-state index contributed by atoms with van der Waals surface area (Å²) in [5.41, 5.74) is 1.58. The molecule has 6 heteroatoms. The van der Waals surface area contributed by atoms with E-state index in [1.165, 1.54) is 19.3 Å². The van der Waals surface area contributed by atoms with Gasteiger partial charge in [0.25, 0.3) is 11.8 Å².